The van der Waals surface area contributed by atoms with E-state index in [0.29, 0.717) is 31.7 Å². The minimum atomic E-state index is 0.00345. The van der Waals surface area contributed by atoms with Crippen LogP contribution in [0.4, 0.5) is 0 Å². The molecule has 0 aliphatic carbocycles. The number of amides is 2. The Bertz CT molecular complexity index is 856. The van der Waals surface area contributed by atoms with E-state index in [-0.39, 0.29) is 11.8 Å². The number of aryl methyl sites for hydroxylation is 3. The summed E-state index contributed by atoms with van der Waals surface area (Å²) in [6.45, 7) is 8.19. The van der Waals surface area contributed by atoms with Gasteiger partial charge in [-0.15, -0.1) is 0 Å². The van der Waals surface area contributed by atoms with Gasteiger partial charge in [0.2, 0.25) is 0 Å². The molecule has 0 radical (unpaired) electrons. The Labute approximate surface area is 160 Å². The molecule has 3 rings (SSSR count). The van der Waals surface area contributed by atoms with E-state index < -0.39 is 0 Å². The smallest absolute Gasteiger partial charge is 0.255 e. The average Bonchev–Trinajstić information content (AvgIpc) is 2.85. The molecule has 6 heteroatoms. The highest BCUT2D eigenvalue weighted by Crippen LogP contribution is 2.20. The third-order valence-electron chi connectivity index (χ3n) is 5.09. The molecule has 2 heterocycles. The summed E-state index contributed by atoms with van der Waals surface area (Å²) in [4.78, 5) is 32.6. The summed E-state index contributed by atoms with van der Waals surface area (Å²) in [5.41, 5.74) is 4.19. The van der Waals surface area contributed by atoms with Gasteiger partial charge in [0.05, 0.1) is 12.7 Å². The number of nitrogens with one attached hydrogen (secondary N) is 1. The van der Waals surface area contributed by atoms with Gasteiger partial charge in [-0.1, -0.05) is 0 Å². The molecule has 2 amide bonds. The van der Waals surface area contributed by atoms with Gasteiger partial charge in [-0.3, -0.25) is 9.59 Å². The zero-order chi connectivity index (χ0) is 19.6. The summed E-state index contributed by atoms with van der Waals surface area (Å²) >= 11 is 0. The number of nitrogens with zero attached hydrogens (tertiary/aromatic N) is 2. The van der Waals surface area contributed by atoms with Gasteiger partial charge in [0, 0.05) is 43.1 Å². The molecule has 2 aromatic rings. The summed E-state index contributed by atoms with van der Waals surface area (Å²) in [5.74, 6) is 0.812. The molecule has 1 aromatic heterocycles. The molecule has 0 atom stereocenters. The number of aromatic nitrogens is 1. The maximum atomic E-state index is 12.9. The molecule has 1 aliphatic heterocycles. The van der Waals surface area contributed by atoms with Crippen molar-refractivity contribution < 1.29 is 14.3 Å². The van der Waals surface area contributed by atoms with Crippen molar-refractivity contribution in [3.8, 4) is 5.75 Å². The fraction of sp³-hybridized carbons (Fsp3) is 0.429. The van der Waals surface area contributed by atoms with Crippen LogP contribution in [0.3, 0.4) is 0 Å². The number of hydrogen-bond donors (Lipinski definition) is 1. The van der Waals surface area contributed by atoms with E-state index in [2.05, 4.69) is 4.98 Å². The Morgan fingerprint density at radius 3 is 2.19 bits per heavy atom. The van der Waals surface area contributed by atoms with Crippen LogP contribution in [-0.4, -0.2) is 59.9 Å². The lowest BCUT2D eigenvalue weighted by molar-refractivity contribution is 0.0718. The molecule has 1 N–H and O–H groups in total. The molecule has 6 nitrogen and oxygen atoms in total. The van der Waals surface area contributed by atoms with Crippen molar-refractivity contribution in [3.63, 3.8) is 0 Å². The first-order valence-corrected chi connectivity index (χ1v) is 9.30. The fourth-order valence-corrected chi connectivity index (χ4v) is 3.63. The van der Waals surface area contributed by atoms with Crippen molar-refractivity contribution in [1.82, 2.24) is 14.8 Å². The maximum absolute atomic E-state index is 12.9. The molecule has 1 aliphatic rings. The second kappa shape index (κ2) is 7.86. The van der Waals surface area contributed by atoms with Crippen LogP contribution in [0.1, 0.15) is 44.1 Å². The van der Waals surface area contributed by atoms with Crippen molar-refractivity contribution >= 4 is 11.8 Å². The third kappa shape index (κ3) is 3.99. The molecule has 0 bridgehead atoms. The van der Waals surface area contributed by atoms with Crippen LogP contribution in [0, 0.1) is 20.8 Å². The van der Waals surface area contributed by atoms with Crippen molar-refractivity contribution in [3.05, 3.63) is 52.3 Å². The number of carbonyl (C=O) groups is 2. The standard InChI is InChI=1S/C21H27N3O3/c1-14-12-17(6-7-19(14)27-4)20(25)23-8-5-9-24(11-10-23)21(26)18-13-15(2)22-16(18)3/h6-7,12-13,22H,5,8-11H2,1-4H3. The van der Waals surface area contributed by atoms with Crippen LogP contribution in [0.25, 0.3) is 0 Å². The predicted molar refractivity (Wildman–Crippen MR) is 104 cm³/mol. The number of rotatable bonds is 3. The third-order valence-corrected chi connectivity index (χ3v) is 5.09. The van der Waals surface area contributed by atoms with Crippen molar-refractivity contribution in [1.29, 1.82) is 0 Å². The molecule has 0 unspecified atom stereocenters. The van der Waals surface area contributed by atoms with Crippen LogP contribution in [0.5, 0.6) is 5.75 Å². The Morgan fingerprint density at radius 1 is 0.963 bits per heavy atom. The number of aromatic amines is 1. The molecule has 27 heavy (non-hydrogen) atoms. The van der Waals surface area contributed by atoms with Gasteiger partial charge >= 0.3 is 0 Å². The van der Waals surface area contributed by atoms with E-state index in [1.807, 2.05) is 48.8 Å². The van der Waals surface area contributed by atoms with Crippen molar-refractivity contribution in [2.45, 2.75) is 27.2 Å². The number of methoxy groups -OCH3 is 1. The molecular weight excluding hydrogens is 342 g/mol. The topological polar surface area (TPSA) is 65.6 Å². The minimum absolute atomic E-state index is 0.00345. The first kappa shape index (κ1) is 19.0. The zero-order valence-electron chi connectivity index (χ0n) is 16.5. The van der Waals surface area contributed by atoms with Gasteiger partial charge < -0.3 is 19.5 Å². The van der Waals surface area contributed by atoms with Crippen LogP contribution in [0.2, 0.25) is 0 Å². The SMILES string of the molecule is COc1ccc(C(=O)N2CCCN(C(=O)c3cc(C)[nH]c3C)CC2)cc1C. The quantitative estimate of drug-likeness (QED) is 0.905. The Hall–Kier alpha value is -2.76. The average molecular weight is 369 g/mol. The van der Waals surface area contributed by atoms with E-state index in [0.717, 1.165) is 34.7 Å². The highest BCUT2D eigenvalue weighted by atomic mass is 16.5. The highest BCUT2D eigenvalue weighted by Gasteiger charge is 2.25. The normalized spacial score (nSPS) is 14.8. The fourth-order valence-electron chi connectivity index (χ4n) is 3.63. The maximum Gasteiger partial charge on any atom is 0.255 e. The summed E-state index contributed by atoms with van der Waals surface area (Å²) in [7, 11) is 1.62. The summed E-state index contributed by atoms with van der Waals surface area (Å²) < 4.78 is 5.27. The second-order valence-corrected chi connectivity index (χ2v) is 7.11. The lowest BCUT2D eigenvalue weighted by Gasteiger charge is -2.22. The van der Waals surface area contributed by atoms with Gasteiger partial charge in [-0.2, -0.15) is 0 Å². The van der Waals surface area contributed by atoms with Gasteiger partial charge in [0.25, 0.3) is 11.8 Å². The minimum Gasteiger partial charge on any atom is -0.496 e. The summed E-state index contributed by atoms with van der Waals surface area (Å²) in [6.07, 6.45) is 0.773. The highest BCUT2D eigenvalue weighted by molar-refractivity contribution is 5.96. The number of carbonyl (C=O) groups excluding carboxylic acids is 2. The van der Waals surface area contributed by atoms with Crippen molar-refractivity contribution in [2.75, 3.05) is 33.3 Å². The summed E-state index contributed by atoms with van der Waals surface area (Å²) in [6, 6.07) is 7.38. The van der Waals surface area contributed by atoms with Crippen LogP contribution >= 0.6 is 0 Å². The molecule has 1 aromatic carbocycles. The number of H-pyrrole nitrogens is 1. The Morgan fingerprint density at radius 2 is 1.63 bits per heavy atom. The predicted octanol–water partition coefficient (Wildman–Crippen LogP) is 2.94. The largest absolute Gasteiger partial charge is 0.496 e. The monoisotopic (exact) mass is 369 g/mol. The lowest BCUT2D eigenvalue weighted by Crippen LogP contribution is -2.37. The Balaban J connectivity index is 1.69. The van der Waals surface area contributed by atoms with Crippen LogP contribution in [0.15, 0.2) is 24.3 Å². The molecular formula is C21H27N3O3. The van der Waals surface area contributed by atoms with E-state index in [1.165, 1.54) is 0 Å². The number of ether oxygens (including phenoxy) is 1. The molecule has 144 valence electrons. The van der Waals surface area contributed by atoms with Crippen LogP contribution in [-0.2, 0) is 0 Å². The van der Waals surface area contributed by atoms with E-state index in [1.54, 1.807) is 13.2 Å². The molecule has 1 fully saturated rings. The summed E-state index contributed by atoms with van der Waals surface area (Å²) in [5, 5.41) is 0. The molecule has 0 spiro atoms. The zero-order valence-corrected chi connectivity index (χ0v) is 16.5. The first-order valence-electron chi connectivity index (χ1n) is 9.30. The number of hydrogen-bond acceptors (Lipinski definition) is 3. The molecule has 0 saturated carbocycles. The second-order valence-electron chi connectivity index (χ2n) is 7.11. The van der Waals surface area contributed by atoms with E-state index in [9.17, 15) is 9.59 Å². The van der Waals surface area contributed by atoms with Gasteiger partial charge in [0.1, 0.15) is 5.75 Å². The van der Waals surface area contributed by atoms with Gasteiger partial charge in [-0.05, 0) is 57.0 Å². The van der Waals surface area contributed by atoms with Gasteiger partial charge in [-0.25, -0.2) is 0 Å². The van der Waals surface area contributed by atoms with E-state index >= 15 is 0 Å². The lowest BCUT2D eigenvalue weighted by atomic mass is 10.1. The van der Waals surface area contributed by atoms with Crippen LogP contribution < -0.4 is 4.74 Å². The van der Waals surface area contributed by atoms with Gasteiger partial charge in [0.15, 0.2) is 0 Å². The van der Waals surface area contributed by atoms with E-state index in [4.69, 9.17) is 4.74 Å². The first-order chi connectivity index (χ1) is 12.9. The molecule has 1 saturated heterocycles. The number of benzene rings is 1. The Kier molecular flexibility index (Phi) is 5.54. The van der Waals surface area contributed by atoms with Crippen molar-refractivity contribution in [2.24, 2.45) is 0 Å².